The molecule has 1 unspecified atom stereocenters. The molecule has 6 heterocycles. The second-order valence-corrected chi connectivity index (χ2v) is 32.1. The van der Waals surface area contributed by atoms with E-state index in [1.165, 1.54) is 123 Å². The monoisotopic (exact) mass is 1570 g/mol. The fourth-order valence-corrected chi connectivity index (χ4v) is 16.2. The Labute approximate surface area is 725 Å². The molecule has 6 nitrogen and oxygen atoms in total. The zero-order valence-corrected chi connectivity index (χ0v) is 72.1. The van der Waals surface area contributed by atoms with Gasteiger partial charge in [0.05, 0.1) is 10.9 Å². The van der Waals surface area contributed by atoms with Crippen LogP contribution in [0.2, 0.25) is 0 Å². The van der Waals surface area contributed by atoms with Gasteiger partial charge in [-0.1, -0.05) is 205 Å². The quantitative estimate of drug-likeness (QED) is 0.142. The molecule has 6 aromatic heterocycles. The molecule has 0 spiro atoms. The van der Waals surface area contributed by atoms with E-state index >= 15 is 0 Å². The summed E-state index contributed by atoms with van der Waals surface area (Å²) >= 11 is 0. The molecule has 0 N–H and O–H groups in total. The van der Waals surface area contributed by atoms with Crippen LogP contribution in [0.25, 0.3) is 132 Å². The molecule has 6 heteroatoms. The van der Waals surface area contributed by atoms with Gasteiger partial charge in [-0.2, -0.15) is 0 Å². The minimum atomic E-state index is -2.45. The van der Waals surface area contributed by atoms with Crippen LogP contribution >= 0.6 is 0 Å². The van der Waals surface area contributed by atoms with Gasteiger partial charge < -0.3 is 0 Å². The summed E-state index contributed by atoms with van der Waals surface area (Å²) < 4.78 is 114. The van der Waals surface area contributed by atoms with Crippen molar-refractivity contribution in [1.29, 1.82) is 0 Å². The summed E-state index contributed by atoms with van der Waals surface area (Å²) in [5, 5.41) is 14.0. The first-order valence-corrected chi connectivity index (χ1v) is 40.7. The number of aromatic nitrogens is 6. The summed E-state index contributed by atoms with van der Waals surface area (Å²) in [4.78, 5) is 0. The molecule has 594 valence electrons. The van der Waals surface area contributed by atoms with Gasteiger partial charge in [0.1, 0.15) is 42.3 Å². The van der Waals surface area contributed by atoms with E-state index in [-0.39, 0.29) is 0 Å². The fraction of sp³-hybridized carbons (Fsp3) is 0.204. The van der Waals surface area contributed by atoms with Crippen molar-refractivity contribution in [3.05, 3.63) is 394 Å². The average molecular weight is 1570 g/mol. The van der Waals surface area contributed by atoms with E-state index < -0.39 is 33.3 Å². The minimum Gasteiger partial charge on any atom is -0.200 e. The molecular formula is C113H118N6+6. The van der Waals surface area contributed by atoms with E-state index in [4.69, 9.17) is 17.8 Å². The Balaban J connectivity index is 0.000000136. The van der Waals surface area contributed by atoms with Crippen LogP contribution in [0, 0.1) is 96.7 Å². The van der Waals surface area contributed by atoms with Gasteiger partial charge in [-0.15, -0.1) is 0 Å². The molecule has 0 saturated heterocycles. The Morgan fingerprint density at radius 3 is 0.958 bits per heavy atom. The molecule has 18 rings (SSSR count). The van der Waals surface area contributed by atoms with Crippen LogP contribution in [-0.4, -0.2) is 0 Å². The Morgan fingerprint density at radius 2 is 0.571 bits per heavy atom. The normalized spacial score (nSPS) is 13.5. The van der Waals surface area contributed by atoms with Gasteiger partial charge in [-0.25, -0.2) is 27.4 Å². The van der Waals surface area contributed by atoms with Gasteiger partial charge in [0.25, 0.3) is 0 Å². The zero-order valence-electron chi connectivity index (χ0n) is 85.1. The van der Waals surface area contributed by atoms with E-state index in [2.05, 4.69) is 305 Å². The number of rotatable bonds is 7. The average Bonchev–Trinajstić information content (AvgIpc) is 0.746. The van der Waals surface area contributed by atoms with Crippen molar-refractivity contribution in [2.24, 2.45) is 42.3 Å². The van der Waals surface area contributed by atoms with E-state index in [0.29, 0.717) is 27.8 Å². The highest BCUT2D eigenvalue weighted by molar-refractivity contribution is 5.95. The molecule has 0 aliphatic heterocycles. The van der Waals surface area contributed by atoms with E-state index in [0.717, 1.165) is 72.2 Å². The predicted molar refractivity (Wildman–Crippen MR) is 504 cm³/mol. The Hall–Kier alpha value is -12.9. The summed E-state index contributed by atoms with van der Waals surface area (Å²) in [6.45, 7) is 15.1. The lowest BCUT2D eigenvalue weighted by Crippen LogP contribution is -2.30. The maximum Gasteiger partial charge on any atom is 0.220 e. The van der Waals surface area contributed by atoms with Crippen LogP contribution in [0.15, 0.2) is 310 Å². The largest absolute Gasteiger partial charge is 0.220 e. The lowest BCUT2D eigenvalue weighted by molar-refractivity contribution is -0.659. The third-order valence-electron chi connectivity index (χ3n) is 22.9. The number of hydrogen-bond donors (Lipinski definition) is 0. The lowest BCUT2D eigenvalue weighted by Gasteiger charge is -2.12. The van der Waals surface area contributed by atoms with Gasteiger partial charge in [0.15, 0.2) is 37.2 Å². The van der Waals surface area contributed by atoms with Gasteiger partial charge >= 0.3 is 0 Å². The summed E-state index contributed by atoms with van der Waals surface area (Å²) in [5.74, 6) is -1.73. The molecule has 18 aromatic rings. The highest BCUT2D eigenvalue weighted by atomic mass is 14.9. The van der Waals surface area contributed by atoms with Gasteiger partial charge in [-0.05, 0) is 263 Å². The van der Waals surface area contributed by atoms with Gasteiger partial charge in [0, 0.05) is 109 Å². The lowest BCUT2D eigenvalue weighted by atomic mass is 9.93. The van der Waals surface area contributed by atoms with Crippen molar-refractivity contribution in [3.63, 3.8) is 0 Å². The van der Waals surface area contributed by atoms with E-state index in [9.17, 15) is 0 Å². The molecular weight excluding hydrogens is 1440 g/mol. The predicted octanol–water partition coefficient (Wildman–Crippen LogP) is 25.4. The highest BCUT2D eigenvalue weighted by Gasteiger charge is 2.23. The van der Waals surface area contributed by atoms with Crippen molar-refractivity contribution < 1.29 is 45.2 Å². The topological polar surface area (TPSA) is 23.3 Å². The Kier molecular flexibility index (Phi) is 21.0. The van der Waals surface area contributed by atoms with Gasteiger partial charge in [-0.3, -0.25) is 0 Å². The first-order chi connectivity index (χ1) is 62.2. The van der Waals surface area contributed by atoms with Crippen molar-refractivity contribution in [2.45, 2.75) is 116 Å². The molecule has 0 aliphatic rings. The summed E-state index contributed by atoms with van der Waals surface area (Å²) in [6.07, 6.45) is 12.7. The fourth-order valence-electron chi connectivity index (χ4n) is 16.2. The number of hydrogen-bond acceptors (Lipinski definition) is 0. The molecule has 0 aliphatic carbocycles. The first kappa shape index (κ1) is 68.2. The first-order valence-electron chi connectivity index (χ1n) is 47.2. The van der Waals surface area contributed by atoms with E-state index in [1.54, 1.807) is 36.4 Å². The standard InChI is InChI=1S/C22H26N.2C19H20N.2C18H18N.C17H16N/c1-14(2)18-7-8-20-19(13-18)9-10-23(6)22(20)21-12-15(3)11-16(4)17(21)5;2*1-13-9-14(2)15(3)18(10-13)19-11-16-7-5-6-8-17(16)12-20(19)4;2*1-13-8-9-17(14(2)10-13)18-11-15-6-4-5-7-16(15)12-19(18)3;1-13-7-3-6-10-16(13)17-11-14-8-4-5-9-15(14)12-18(17)2/h7-14H,1-6H3;2*5-12H,1-4H3;2*4-12H,1-3H3;3-12H,1-2H3/q6*+1/i1D3,4D3,14D;2D3;;1D3;;. The van der Waals surface area contributed by atoms with Crippen molar-refractivity contribution in [2.75, 3.05) is 0 Å². The van der Waals surface area contributed by atoms with Crippen molar-refractivity contribution in [3.8, 4) is 67.5 Å². The Bertz CT molecular complexity index is 7410. The SMILES string of the molecule is Cc1cc(C)c(C)c(-c2cc3ccccc3c[n+]2C)c1.Cc1ccc(-c2cc3ccccc3c[n+]2C)c(C)c1.Cc1ccccc1-c1cc2ccccc2c[n+]1C.[2H]C([2H])([2H])c1cc(C)cc(-c2c3ccc(C([2H])(C)C([2H])([2H])[2H])cc3cc[n+]2C)c1C.[2H]C([2H])([2H])c1cc(C)cc(-c2cc3ccccc3c[n+]2C)c1C.[2H]C([2H])([2H])c1ccc(-c2cc3ccccc3c[n+]2C)c(C)c1. The molecule has 0 bridgehead atoms. The van der Waals surface area contributed by atoms with Crippen LogP contribution < -0.4 is 27.4 Å². The number of benzene rings is 12. The van der Waals surface area contributed by atoms with E-state index in [1.807, 2.05) is 115 Å². The maximum atomic E-state index is 8.38. The summed E-state index contributed by atoms with van der Waals surface area (Å²) in [6, 6.07) is 92.7. The number of aryl methyl sites for hydroxylation is 17. The molecule has 0 amide bonds. The molecule has 0 saturated carbocycles. The summed E-state index contributed by atoms with van der Waals surface area (Å²) in [5.41, 5.74) is 27.4. The smallest absolute Gasteiger partial charge is 0.200 e. The van der Waals surface area contributed by atoms with Crippen LogP contribution in [0.1, 0.15) is 121 Å². The third kappa shape index (κ3) is 19.2. The van der Waals surface area contributed by atoms with Gasteiger partial charge in [0.2, 0.25) is 34.2 Å². The molecule has 1 atom stereocenters. The number of nitrogens with zero attached hydrogens (tertiary/aromatic N) is 6. The minimum absolute atomic E-state index is 0.326. The van der Waals surface area contributed by atoms with Crippen molar-refractivity contribution >= 4 is 64.6 Å². The van der Waals surface area contributed by atoms with Crippen LogP contribution in [-0.2, 0) is 42.3 Å². The maximum absolute atomic E-state index is 8.38. The summed E-state index contributed by atoms with van der Waals surface area (Å²) in [7, 11) is 12.3. The molecule has 119 heavy (non-hydrogen) atoms. The second-order valence-electron chi connectivity index (χ2n) is 32.1. The van der Waals surface area contributed by atoms with Crippen LogP contribution in [0.3, 0.4) is 0 Å². The molecule has 0 radical (unpaired) electrons. The van der Waals surface area contributed by atoms with Crippen molar-refractivity contribution in [1.82, 2.24) is 0 Å². The third-order valence-corrected chi connectivity index (χ3v) is 22.9. The second kappa shape index (κ2) is 36.7. The van der Waals surface area contributed by atoms with Crippen LogP contribution in [0.4, 0.5) is 0 Å². The molecule has 12 aromatic carbocycles. The van der Waals surface area contributed by atoms with Crippen LogP contribution in [0.5, 0.6) is 0 Å². The number of fused-ring (bicyclic) bond motifs is 6. The number of pyridine rings is 6. The highest BCUT2D eigenvalue weighted by Crippen LogP contribution is 2.35. The Morgan fingerprint density at radius 1 is 0.244 bits per heavy atom. The zero-order chi connectivity index (χ0) is 95.5. The molecule has 0 fully saturated rings.